The minimum atomic E-state index is 0.0630. The van der Waals surface area contributed by atoms with Crippen LogP contribution in [0.3, 0.4) is 0 Å². The Morgan fingerprint density at radius 1 is 1.14 bits per heavy atom. The minimum Gasteiger partial charge on any atom is -0.493 e. The molecule has 0 N–H and O–H groups in total. The molecule has 4 rings (SSSR count). The molecule has 1 heterocycles. The van der Waals surface area contributed by atoms with E-state index in [4.69, 9.17) is 15.0 Å². The number of nitrogens with zero attached hydrogens (tertiary/aromatic N) is 3. The first kappa shape index (κ1) is 18.6. The molecular weight excluding hydrogens is 370 g/mol. The highest BCUT2D eigenvalue weighted by atomic mass is 32.2. The molecule has 142 valence electrons. The molecule has 0 radical (unpaired) electrons. The Morgan fingerprint density at radius 2 is 1.89 bits per heavy atom. The van der Waals surface area contributed by atoms with E-state index >= 15 is 0 Å². The van der Waals surface area contributed by atoms with E-state index in [1.807, 2.05) is 28.8 Å². The van der Waals surface area contributed by atoms with Crippen LogP contribution in [-0.4, -0.2) is 21.9 Å². The Hall–Kier alpha value is -2.78. The van der Waals surface area contributed by atoms with Gasteiger partial charge in [0.1, 0.15) is 5.75 Å². The summed E-state index contributed by atoms with van der Waals surface area (Å²) >= 11 is 1.56. The van der Waals surface area contributed by atoms with Gasteiger partial charge in [-0.3, -0.25) is 9.36 Å². The van der Waals surface area contributed by atoms with Crippen molar-refractivity contribution in [3.63, 3.8) is 0 Å². The minimum absolute atomic E-state index is 0.0630. The number of rotatable bonds is 6. The molecule has 0 aliphatic heterocycles. The molecular formula is C22H21N3O2S. The number of thioether (sulfide) groups is 1. The summed E-state index contributed by atoms with van der Waals surface area (Å²) in [5.74, 6) is 1.43. The molecule has 2 aromatic carbocycles. The van der Waals surface area contributed by atoms with Crippen molar-refractivity contribution in [2.24, 2.45) is 0 Å². The van der Waals surface area contributed by atoms with Crippen LogP contribution in [0.4, 0.5) is 0 Å². The zero-order chi connectivity index (χ0) is 19.3. The second kappa shape index (κ2) is 8.49. The highest BCUT2D eigenvalue weighted by Crippen LogP contribution is 2.32. The molecule has 5 nitrogen and oxygen atoms in total. The predicted molar refractivity (Wildman–Crippen MR) is 111 cm³/mol. The lowest BCUT2D eigenvalue weighted by molar-refractivity contribution is 0.343. The first-order chi connectivity index (χ1) is 13.8. The number of hydrogen-bond acceptors (Lipinski definition) is 5. The Kier molecular flexibility index (Phi) is 5.63. The van der Waals surface area contributed by atoms with Gasteiger partial charge in [0.05, 0.1) is 29.1 Å². The number of hydrogen-bond donors (Lipinski definition) is 0. The second-order valence-electron chi connectivity index (χ2n) is 6.86. The number of para-hydroxylation sites is 1. The van der Waals surface area contributed by atoms with Crippen molar-refractivity contribution >= 4 is 22.7 Å². The topological polar surface area (TPSA) is 67.9 Å². The molecule has 1 saturated carbocycles. The smallest absolute Gasteiger partial charge is 0.262 e. The van der Waals surface area contributed by atoms with Gasteiger partial charge in [-0.1, -0.05) is 36.7 Å². The van der Waals surface area contributed by atoms with Crippen LogP contribution in [0.1, 0.15) is 37.3 Å². The summed E-state index contributed by atoms with van der Waals surface area (Å²) < 4.78 is 7.67. The van der Waals surface area contributed by atoms with Gasteiger partial charge in [0.2, 0.25) is 0 Å². The van der Waals surface area contributed by atoms with Crippen molar-refractivity contribution in [1.29, 1.82) is 5.26 Å². The molecule has 28 heavy (non-hydrogen) atoms. The first-order valence-corrected chi connectivity index (χ1v) is 10.5. The lowest BCUT2D eigenvalue weighted by Crippen LogP contribution is -2.26. The normalized spacial score (nSPS) is 14.2. The van der Waals surface area contributed by atoms with Gasteiger partial charge < -0.3 is 4.74 Å². The molecule has 0 spiro atoms. The third-order valence-electron chi connectivity index (χ3n) is 5.03. The van der Waals surface area contributed by atoms with Gasteiger partial charge in [-0.15, -0.1) is 0 Å². The van der Waals surface area contributed by atoms with E-state index < -0.39 is 0 Å². The van der Waals surface area contributed by atoms with Crippen LogP contribution in [0.5, 0.6) is 5.75 Å². The summed E-state index contributed by atoms with van der Waals surface area (Å²) in [5.41, 5.74) is 1.42. The lowest BCUT2D eigenvalue weighted by atomic mass is 10.2. The van der Waals surface area contributed by atoms with E-state index in [0.717, 1.165) is 42.1 Å². The van der Waals surface area contributed by atoms with Crippen molar-refractivity contribution in [2.45, 2.75) is 36.9 Å². The van der Waals surface area contributed by atoms with Crippen molar-refractivity contribution in [1.82, 2.24) is 9.55 Å². The molecule has 0 amide bonds. The van der Waals surface area contributed by atoms with Crippen LogP contribution in [0.25, 0.3) is 10.9 Å². The van der Waals surface area contributed by atoms with Crippen LogP contribution in [0.2, 0.25) is 0 Å². The monoisotopic (exact) mass is 391 g/mol. The average Bonchev–Trinajstić information content (AvgIpc) is 3.26. The summed E-state index contributed by atoms with van der Waals surface area (Å²) in [7, 11) is 0. The third-order valence-corrected chi connectivity index (χ3v) is 5.95. The van der Waals surface area contributed by atoms with Gasteiger partial charge in [0.25, 0.3) is 5.56 Å². The van der Waals surface area contributed by atoms with Crippen molar-refractivity contribution in [2.75, 3.05) is 12.4 Å². The van der Waals surface area contributed by atoms with Gasteiger partial charge >= 0.3 is 0 Å². The Balaban J connectivity index is 1.51. The van der Waals surface area contributed by atoms with Crippen molar-refractivity contribution in [3.8, 4) is 11.8 Å². The Morgan fingerprint density at radius 3 is 2.64 bits per heavy atom. The zero-order valence-corrected chi connectivity index (χ0v) is 16.3. The van der Waals surface area contributed by atoms with Gasteiger partial charge in [-0.2, -0.15) is 5.26 Å². The van der Waals surface area contributed by atoms with Crippen LogP contribution in [-0.2, 0) is 0 Å². The predicted octanol–water partition coefficient (Wildman–Crippen LogP) is 4.55. The van der Waals surface area contributed by atoms with E-state index in [9.17, 15) is 4.79 Å². The number of ether oxygens (including phenoxy) is 1. The SMILES string of the molecule is N#Cc1ccc(OCCSc2nc3ccccc3c(=O)n2C2CCCC2)cc1. The molecule has 1 aliphatic carbocycles. The summed E-state index contributed by atoms with van der Waals surface area (Å²) in [6, 6.07) is 17.0. The van der Waals surface area contributed by atoms with Crippen LogP contribution < -0.4 is 10.3 Å². The van der Waals surface area contributed by atoms with Crippen molar-refractivity contribution < 1.29 is 4.74 Å². The largest absolute Gasteiger partial charge is 0.493 e. The number of aromatic nitrogens is 2. The van der Waals surface area contributed by atoms with Crippen molar-refractivity contribution in [3.05, 3.63) is 64.4 Å². The Bertz CT molecular complexity index is 1060. The van der Waals surface area contributed by atoms with Gasteiger partial charge in [-0.05, 0) is 49.2 Å². The van der Waals surface area contributed by atoms with E-state index in [1.54, 1.807) is 36.0 Å². The molecule has 6 heteroatoms. The van der Waals surface area contributed by atoms with E-state index in [1.165, 1.54) is 0 Å². The fourth-order valence-corrected chi connectivity index (χ4v) is 4.51. The molecule has 1 fully saturated rings. The third kappa shape index (κ3) is 3.90. The molecule has 0 bridgehead atoms. The summed E-state index contributed by atoms with van der Waals surface area (Å²) in [4.78, 5) is 17.9. The van der Waals surface area contributed by atoms with Crippen LogP contribution >= 0.6 is 11.8 Å². The molecule has 1 aliphatic rings. The summed E-state index contributed by atoms with van der Waals surface area (Å²) in [5, 5.41) is 10.3. The first-order valence-electron chi connectivity index (χ1n) is 9.53. The number of fused-ring (bicyclic) bond motifs is 1. The standard InChI is InChI=1S/C22H21N3O2S/c23-15-16-9-11-18(12-10-16)27-13-14-28-22-24-20-8-4-3-7-19(20)21(26)25(22)17-5-1-2-6-17/h3-4,7-12,17H,1-2,5-6,13-14H2. The maximum absolute atomic E-state index is 13.1. The highest BCUT2D eigenvalue weighted by molar-refractivity contribution is 7.99. The highest BCUT2D eigenvalue weighted by Gasteiger charge is 2.22. The quantitative estimate of drug-likeness (QED) is 0.350. The lowest BCUT2D eigenvalue weighted by Gasteiger charge is -2.18. The van der Waals surface area contributed by atoms with E-state index in [-0.39, 0.29) is 11.6 Å². The molecule has 0 unspecified atom stereocenters. The van der Waals surface area contributed by atoms with E-state index in [2.05, 4.69) is 6.07 Å². The van der Waals surface area contributed by atoms with Gasteiger partial charge in [-0.25, -0.2) is 4.98 Å². The fraction of sp³-hybridized carbons (Fsp3) is 0.318. The maximum Gasteiger partial charge on any atom is 0.262 e. The van der Waals surface area contributed by atoms with E-state index in [0.29, 0.717) is 23.3 Å². The van der Waals surface area contributed by atoms with Crippen LogP contribution in [0, 0.1) is 11.3 Å². The Labute approximate surface area is 168 Å². The summed E-state index contributed by atoms with van der Waals surface area (Å²) in [6.45, 7) is 0.504. The molecule has 0 atom stereocenters. The van der Waals surface area contributed by atoms with Gasteiger partial charge in [0.15, 0.2) is 5.16 Å². The molecule has 0 saturated heterocycles. The fourth-order valence-electron chi connectivity index (χ4n) is 3.63. The summed E-state index contributed by atoms with van der Waals surface area (Å²) in [6.07, 6.45) is 4.40. The zero-order valence-electron chi connectivity index (χ0n) is 15.5. The molecule has 1 aromatic heterocycles. The number of benzene rings is 2. The number of nitriles is 1. The van der Waals surface area contributed by atoms with Gasteiger partial charge in [0, 0.05) is 11.8 Å². The second-order valence-corrected chi connectivity index (χ2v) is 7.92. The average molecular weight is 391 g/mol. The molecule has 3 aromatic rings. The maximum atomic E-state index is 13.1. The van der Waals surface area contributed by atoms with Crippen LogP contribution in [0.15, 0.2) is 58.5 Å².